The molecule has 1 radical (unpaired) electrons. The number of carbonyl (C=O) groups is 1. The highest BCUT2D eigenvalue weighted by Crippen LogP contribution is 2.09. The van der Waals surface area contributed by atoms with Gasteiger partial charge in [0.05, 0.1) is 5.92 Å². The zero-order valence-electron chi connectivity index (χ0n) is 6.26. The molecule has 57 valence electrons. The van der Waals surface area contributed by atoms with Gasteiger partial charge in [-0.3, -0.25) is 4.79 Å². The average Bonchev–Trinajstić information content (AvgIpc) is 2.05. The predicted molar refractivity (Wildman–Crippen MR) is 38.7 cm³/mol. The van der Waals surface area contributed by atoms with Crippen LogP contribution in [-0.2, 0) is 4.79 Å². The van der Waals surface area contributed by atoms with Crippen molar-refractivity contribution in [3.8, 4) is 0 Å². The number of rotatable bonds is 1. The van der Waals surface area contributed by atoms with E-state index >= 15 is 0 Å². The molecule has 1 fully saturated rings. The minimum absolute atomic E-state index is 0.142. The standard InChI is InChI=1S/C7H13N2O/c1-8-7(10)6-3-2-4-9-5-6/h6H,2-5H2,1H3,(H,8,10). The van der Waals surface area contributed by atoms with Crippen molar-refractivity contribution < 1.29 is 4.79 Å². The van der Waals surface area contributed by atoms with Gasteiger partial charge in [0.25, 0.3) is 0 Å². The van der Waals surface area contributed by atoms with Crippen molar-refractivity contribution in [2.24, 2.45) is 5.92 Å². The molecule has 0 bridgehead atoms. The van der Waals surface area contributed by atoms with Crippen molar-refractivity contribution in [3.05, 3.63) is 0 Å². The molecule has 0 aromatic heterocycles. The van der Waals surface area contributed by atoms with Crippen LogP contribution in [0.1, 0.15) is 12.8 Å². The number of carbonyl (C=O) groups excluding carboxylic acids is 1. The van der Waals surface area contributed by atoms with E-state index in [1.807, 2.05) is 0 Å². The molecule has 1 saturated heterocycles. The molecule has 1 aliphatic heterocycles. The molecule has 0 spiro atoms. The van der Waals surface area contributed by atoms with Crippen LogP contribution in [0, 0.1) is 5.92 Å². The van der Waals surface area contributed by atoms with Crippen molar-refractivity contribution in [1.29, 1.82) is 0 Å². The first-order valence-corrected chi connectivity index (χ1v) is 3.69. The number of hydrogen-bond acceptors (Lipinski definition) is 1. The Kier molecular flexibility index (Phi) is 2.68. The maximum absolute atomic E-state index is 11.0. The SMILES string of the molecule is CNC(=O)C1CCC[N]C1. The summed E-state index contributed by atoms with van der Waals surface area (Å²) < 4.78 is 0. The predicted octanol–water partition coefficient (Wildman–Crippen LogP) is -0.253. The van der Waals surface area contributed by atoms with Crippen LogP contribution in [0.3, 0.4) is 0 Å². The Hall–Kier alpha value is -0.570. The van der Waals surface area contributed by atoms with E-state index in [2.05, 4.69) is 10.6 Å². The number of nitrogens with one attached hydrogen (secondary N) is 1. The monoisotopic (exact) mass is 141 g/mol. The summed E-state index contributed by atoms with van der Waals surface area (Å²) >= 11 is 0. The summed E-state index contributed by atoms with van der Waals surface area (Å²) in [4.78, 5) is 11.0. The van der Waals surface area contributed by atoms with Gasteiger partial charge in [-0.15, -0.1) is 0 Å². The molecule has 3 nitrogen and oxygen atoms in total. The van der Waals surface area contributed by atoms with Gasteiger partial charge < -0.3 is 5.32 Å². The lowest BCUT2D eigenvalue weighted by Crippen LogP contribution is -2.36. The van der Waals surface area contributed by atoms with Gasteiger partial charge in [0, 0.05) is 20.1 Å². The molecule has 1 heterocycles. The Morgan fingerprint density at radius 1 is 1.70 bits per heavy atom. The van der Waals surface area contributed by atoms with Crippen LogP contribution in [-0.4, -0.2) is 26.0 Å². The van der Waals surface area contributed by atoms with Crippen LogP contribution in [0.25, 0.3) is 0 Å². The van der Waals surface area contributed by atoms with Crippen molar-refractivity contribution in [1.82, 2.24) is 10.6 Å². The highest BCUT2D eigenvalue weighted by Gasteiger charge is 2.19. The van der Waals surface area contributed by atoms with E-state index in [4.69, 9.17) is 0 Å². The highest BCUT2D eigenvalue weighted by molar-refractivity contribution is 5.78. The molecule has 1 rings (SSSR count). The Morgan fingerprint density at radius 2 is 2.50 bits per heavy atom. The van der Waals surface area contributed by atoms with Gasteiger partial charge in [0.1, 0.15) is 0 Å². The van der Waals surface area contributed by atoms with Crippen molar-refractivity contribution in [2.45, 2.75) is 12.8 Å². The van der Waals surface area contributed by atoms with Crippen LogP contribution in [0.4, 0.5) is 0 Å². The van der Waals surface area contributed by atoms with Crippen LogP contribution in [0.2, 0.25) is 0 Å². The topological polar surface area (TPSA) is 43.2 Å². The third kappa shape index (κ3) is 1.70. The van der Waals surface area contributed by atoms with Gasteiger partial charge in [-0.25, -0.2) is 5.32 Å². The van der Waals surface area contributed by atoms with Crippen LogP contribution >= 0.6 is 0 Å². The molecule has 0 aromatic carbocycles. The zero-order valence-corrected chi connectivity index (χ0v) is 6.26. The number of amides is 1. The Labute approximate surface area is 61.2 Å². The van der Waals surface area contributed by atoms with E-state index in [1.54, 1.807) is 7.05 Å². The summed E-state index contributed by atoms with van der Waals surface area (Å²) in [5, 5.41) is 6.80. The third-order valence-electron chi connectivity index (χ3n) is 1.84. The number of piperidine rings is 1. The maximum atomic E-state index is 11.0. The summed E-state index contributed by atoms with van der Waals surface area (Å²) in [5.41, 5.74) is 0. The van der Waals surface area contributed by atoms with E-state index in [0.29, 0.717) is 0 Å². The van der Waals surface area contributed by atoms with Gasteiger partial charge in [-0.1, -0.05) is 0 Å². The van der Waals surface area contributed by atoms with E-state index in [9.17, 15) is 4.79 Å². The van der Waals surface area contributed by atoms with Gasteiger partial charge in [-0.05, 0) is 12.8 Å². The third-order valence-corrected chi connectivity index (χ3v) is 1.84. The van der Waals surface area contributed by atoms with Crippen molar-refractivity contribution in [2.75, 3.05) is 20.1 Å². The molecule has 10 heavy (non-hydrogen) atoms. The van der Waals surface area contributed by atoms with Crippen LogP contribution < -0.4 is 10.6 Å². The van der Waals surface area contributed by atoms with Gasteiger partial charge in [-0.2, -0.15) is 0 Å². The second-order valence-electron chi connectivity index (χ2n) is 2.58. The van der Waals surface area contributed by atoms with E-state index in [-0.39, 0.29) is 11.8 Å². The van der Waals surface area contributed by atoms with E-state index in [0.717, 1.165) is 25.9 Å². The first-order chi connectivity index (χ1) is 4.84. The molecule has 1 amide bonds. The minimum atomic E-state index is 0.142. The molecular weight excluding hydrogens is 128 g/mol. The van der Waals surface area contributed by atoms with Crippen LogP contribution in [0.5, 0.6) is 0 Å². The second-order valence-corrected chi connectivity index (χ2v) is 2.58. The minimum Gasteiger partial charge on any atom is -0.359 e. The molecule has 1 atom stereocenters. The van der Waals surface area contributed by atoms with E-state index < -0.39 is 0 Å². The lowest BCUT2D eigenvalue weighted by molar-refractivity contribution is -0.124. The second kappa shape index (κ2) is 3.56. The smallest absolute Gasteiger partial charge is 0.224 e. The quantitative estimate of drug-likeness (QED) is 0.537. The molecule has 0 aromatic rings. The summed E-state index contributed by atoms with van der Waals surface area (Å²) in [6, 6.07) is 0. The molecule has 3 heteroatoms. The highest BCUT2D eigenvalue weighted by atomic mass is 16.1. The fourth-order valence-corrected chi connectivity index (χ4v) is 1.21. The summed E-state index contributed by atoms with van der Waals surface area (Å²) in [7, 11) is 1.68. The normalized spacial score (nSPS) is 25.9. The van der Waals surface area contributed by atoms with Crippen molar-refractivity contribution in [3.63, 3.8) is 0 Å². The molecule has 0 saturated carbocycles. The Morgan fingerprint density at radius 3 is 3.00 bits per heavy atom. The largest absolute Gasteiger partial charge is 0.359 e. The van der Waals surface area contributed by atoms with E-state index in [1.165, 1.54) is 0 Å². The Balaban J connectivity index is 2.31. The summed E-state index contributed by atoms with van der Waals surface area (Å²) in [5.74, 6) is 0.294. The zero-order chi connectivity index (χ0) is 7.40. The summed E-state index contributed by atoms with van der Waals surface area (Å²) in [6.07, 6.45) is 2.07. The number of hydrogen-bond donors (Lipinski definition) is 1. The molecular formula is C7H13N2O. The fourth-order valence-electron chi connectivity index (χ4n) is 1.21. The summed E-state index contributed by atoms with van der Waals surface area (Å²) in [6.45, 7) is 1.66. The Bertz CT molecular complexity index is 119. The molecule has 0 aliphatic carbocycles. The first kappa shape index (κ1) is 7.54. The maximum Gasteiger partial charge on any atom is 0.224 e. The molecule has 1 unspecified atom stereocenters. The number of nitrogens with zero attached hydrogens (tertiary/aromatic N) is 1. The van der Waals surface area contributed by atoms with Gasteiger partial charge in [0.2, 0.25) is 5.91 Å². The van der Waals surface area contributed by atoms with Crippen molar-refractivity contribution >= 4 is 5.91 Å². The van der Waals surface area contributed by atoms with Crippen LogP contribution in [0.15, 0.2) is 0 Å². The lowest BCUT2D eigenvalue weighted by Gasteiger charge is -2.19. The van der Waals surface area contributed by atoms with Gasteiger partial charge in [0.15, 0.2) is 0 Å². The molecule has 1 N–H and O–H groups in total. The lowest BCUT2D eigenvalue weighted by atomic mass is 9.99. The fraction of sp³-hybridized carbons (Fsp3) is 0.857. The average molecular weight is 141 g/mol. The first-order valence-electron chi connectivity index (χ1n) is 3.69. The molecule has 1 aliphatic rings. The van der Waals surface area contributed by atoms with Gasteiger partial charge >= 0.3 is 0 Å².